The molecule has 8 atom stereocenters. The van der Waals surface area contributed by atoms with Gasteiger partial charge in [0.05, 0.1) is 18.6 Å². The van der Waals surface area contributed by atoms with E-state index in [1.165, 1.54) is 11.3 Å². The largest absolute Gasteiger partial charge is 0.363 e. The zero-order valence-corrected chi connectivity index (χ0v) is 35.2. The number of nitrogens with one attached hydrogen (secondary N) is 5. The molecule has 5 amide bonds. The second kappa shape index (κ2) is 18.5. The molecule has 2 aromatic rings. The van der Waals surface area contributed by atoms with Crippen molar-refractivity contribution in [1.29, 1.82) is 0 Å². The normalized spacial score (nSPS) is 24.0. The number of hydrogen-bond acceptors (Lipinski definition) is 9. The van der Waals surface area contributed by atoms with E-state index in [4.69, 9.17) is 4.99 Å². The Labute approximate surface area is 334 Å². The predicted molar refractivity (Wildman–Crippen MR) is 217 cm³/mol. The smallest absolute Gasteiger partial charge is 0.246 e. The molecule has 1 aromatic carbocycles. The Balaban J connectivity index is 1.78. The molecule has 0 radical (unpaired) electrons. The maximum atomic E-state index is 14.7. The van der Waals surface area contributed by atoms with Crippen LogP contribution in [0.5, 0.6) is 0 Å². The number of hydrogen-bond donors (Lipinski definition) is 5. The lowest BCUT2D eigenvalue weighted by Gasteiger charge is -2.38. The van der Waals surface area contributed by atoms with Crippen molar-refractivity contribution < 1.29 is 28.8 Å². The minimum Gasteiger partial charge on any atom is -0.363 e. The molecular weight excluding hydrogens is 733 g/mol. The lowest BCUT2D eigenvalue weighted by atomic mass is 9.83. The number of benzene rings is 1. The summed E-state index contributed by atoms with van der Waals surface area (Å²) in [7, 11) is 0. The first-order valence-corrected chi connectivity index (χ1v) is 20.3. The number of aliphatic imine (C=N–C) groups is 1. The molecule has 14 nitrogen and oxygen atoms in total. The summed E-state index contributed by atoms with van der Waals surface area (Å²) >= 11 is 1.31. The van der Waals surface area contributed by atoms with Gasteiger partial charge in [-0.2, -0.15) is 0 Å². The average molecular weight is 793 g/mol. The van der Waals surface area contributed by atoms with E-state index in [0.717, 1.165) is 11.8 Å². The number of nitrogens with zero attached hydrogens (tertiary/aromatic N) is 3. The van der Waals surface area contributed by atoms with E-state index < -0.39 is 70.7 Å². The Morgan fingerprint density at radius 2 is 1.68 bits per heavy atom. The van der Waals surface area contributed by atoms with Crippen LogP contribution in [0.1, 0.15) is 105 Å². The highest BCUT2D eigenvalue weighted by atomic mass is 32.1. The molecule has 4 rings (SSSR count). The Kier molecular flexibility index (Phi) is 14.6. The van der Waals surface area contributed by atoms with Crippen molar-refractivity contribution in [3.05, 3.63) is 52.5 Å². The maximum absolute atomic E-state index is 14.7. The highest BCUT2D eigenvalue weighted by molar-refractivity contribution is 7.09. The number of amides is 5. The van der Waals surface area contributed by atoms with Gasteiger partial charge in [-0.25, -0.2) is 4.98 Å². The second-order valence-electron chi connectivity index (χ2n) is 17.5. The van der Waals surface area contributed by atoms with E-state index in [1.807, 2.05) is 99.6 Å². The van der Waals surface area contributed by atoms with Crippen LogP contribution in [0.25, 0.3) is 0 Å². The SMILES string of the molecule is CC(C)[C@@H]1NC(=O)[C@@H]2[C@H](C)CCN2C(=O)CN/C(=N\C(C(=O)NC(C(=O)N[C@H](CC=O)c2nccs2)[C@@H](C)c2ccccc2)C(C)(C)C)C(C(C)(C)C)NC1=O. The molecule has 5 N–H and O–H groups in total. The van der Waals surface area contributed by atoms with E-state index in [9.17, 15) is 28.8 Å². The van der Waals surface area contributed by atoms with Gasteiger partial charge in [-0.1, -0.05) is 99.6 Å². The van der Waals surface area contributed by atoms with Crippen LogP contribution in [0.4, 0.5) is 0 Å². The van der Waals surface area contributed by atoms with Gasteiger partial charge in [-0.05, 0) is 34.7 Å². The summed E-state index contributed by atoms with van der Waals surface area (Å²) < 4.78 is 0. The summed E-state index contributed by atoms with van der Waals surface area (Å²) in [6.07, 6.45) is 2.96. The fourth-order valence-electron chi connectivity index (χ4n) is 7.19. The molecule has 0 aliphatic carbocycles. The summed E-state index contributed by atoms with van der Waals surface area (Å²) in [4.78, 5) is 93.0. The van der Waals surface area contributed by atoms with Gasteiger partial charge < -0.3 is 36.3 Å². The number of carbonyl (C=O) groups excluding carboxylic acids is 6. The highest BCUT2D eigenvalue weighted by Gasteiger charge is 2.44. The number of thiazole rings is 1. The van der Waals surface area contributed by atoms with Crippen molar-refractivity contribution in [1.82, 2.24) is 36.5 Å². The van der Waals surface area contributed by atoms with Crippen LogP contribution in [0.15, 0.2) is 46.9 Å². The molecule has 56 heavy (non-hydrogen) atoms. The third-order valence-electron chi connectivity index (χ3n) is 10.5. The van der Waals surface area contributed by atoms with Crippen LogP contribution in [0.2, 0.25) is 0 Å². The highest BCUT2D eigenvalue weighted by Crippen LogP contribution is 2.29. The average Bonchev–Trinajstić information content (AvgIpc) is 3.80. The number of rotatable bonds is 11. The van der Waals surface area contributed by atoms with Crippen LogP contribution in [-0.2, 0) is 28.8 Å². The van der Waals surface area contributed by atoms with Crippen LogP contribution in [0.3, 0.4) is 0 Å². The van der Waals surface area contributed by atoms with Gasteiger partial charge in [0.2, 0.25) is 29.5 Å². The first-order valence-electron chi connectivity index (χ1n) is 19.4. The van der Waals surface area contributed by atoms with E-state index in [0.29, 0.717) is 18.0 Å². The van der Waals surface area contributed by atoms with Crippen molar-refractivity contribution >= 4 is 53.0 Å². The molecule has 306 valence electrons. The molecular formula is C41H60N8O6S. The molecule has 15 heteroatoms. The molecule has 2 aliphatic rings. The van der Waals surface area contributed by atoms with Gasteiger partial charge in [-0.3, -0.25) is 29.0 Å². The predicted octanol–water partition coefficient (Wildman–Crippen LogP) is 3.50. The number of carbonyl (C=O) groups is 6. The minimum atomic E-state index is -1.11. The van der Waals surface area contributed by atoms with Crippen LogP contribution in [-0.4, -0.2) is 94.8 Å². The molecule has 3 unspecified atom stereocenters. The van der Waals surface area contributed by atoms with Gasteiger partial charge in [0.1, 0.15) is 41.3 Å². The van der Waals surface area contributed by atoms with E-state index in [1.54, 1.807) is 16.5 Å². The molecule has 2 aliphatic heterocycles. The third kappa shape index (κ3) is 10.8. The first-order chi connectivity index (χ1) is 26.2. The summed E-state index contributed by atoms with van der Waals surface area (Å²) in [5, 5.41) is 17.5. The molecule has 0 spiro atoms. The van der Waals surface area contributed by atoms with E-state index in [-0.39, 0.29) is 42.5 Å². The van der Waals surface area contributed by atoms with E-state index >= 15 is 0 Å². The Morgan fingerprint density at radius 1 is 1.00 bits per heavy atom. The zero-order chi connectivity index (χ0) is 41.5. The summed E-state index contributed by atoms with van der Waals surface area (Å²) in [6.45, 7) is 18.9. The van der Waals surface area contributed by atoms with Crippen LogP contribution in [0, 0.1) is 22.7 Å². The molecule has 1 aromatic heterocycles. The fraction of sp³-hybridized carbons (Fsp3) is 0.610. The van der Waals surface area contributed by atoms with Crippen molar-refractivity contribution in [2.45, 2.75) is 124 Å². The van der Waals surface area contributed by atoms with Gasteiger partial charge in [0, 0.05) is 30.5 Å². The zero-order valence-electron chi connectivity index (χ0n) is 34.3. The second-order valence-corrected chi connectivity index (χ2v) is 18.4. The number of aldehydes is 1. The fourth-order valence-corrected chi connectivity index (χ4v) is 7.89. The molecule has 2 fully saturated rings. The monoisotopic (exact) mass is 792 g/mol. The lowest BCUT2D eigenvalue weighted by molar-refractivity contribution is -0.140. The van der Waals surface area contributed by atoms with E-state index in [2.05, 4.69) is 31.6 Å². The first kappa shape index (κ1) is 44.1. The molecule has 2 saturated heterocycles. The van der Waals surface area contributed by atoms with Crippen LogP contribution < -0.4 is 26.6 Å². The van der Waals surface area contributed by atoms with Gasteiger partial charge in [0.25, 0.3) is 0 Å². The quantitative estimate of drug-likeness (QED) is 0.214. The molecule has 0 bridgehead atoms. The topological polar surface area (TPSA) is 191 Å². The number of aromatic nitrogens is 1. The summed E-state index contributed by atoms with van der Waals surface area (Å²) in [5.74, 6) is -2.80. The molecule has 3 heterocycles. The summed E-state index contributed by atoms with van der Waals surface area (Å²) in [6, 6.07) is 3.99. The Morgan fingerprint density at radius 3 is 2.25 bits per heavy atom. The van der Waals surface area contributed by atoms with Crippen molar-refractivity contribution in [3.8, 4) is 0 Å². The van der Waals surface area contributed by atoms with Gasteiger partial charge >= 0.3 is 0 Å². The number of fused-ring (bicyclic) bond motifs is 1. The Bertz CT molecular complexity index is 1740. The van der Waals surface area contributed by atoms with Gasteiger partial charge in [-0.15, -0.1) is 11.3 Å². The van der Waals surface area contributed by atoms with Crippen molar-refractivity contribution in [3.63, 3.8) is 0 Å². The number of amidine groups is 1. The Hall–Kier alpha value is -4.66. The maximum Gasteiger partial charge on any atom is 0.246 e. The van der Waals surface area contributed by atoms with Gasteiger partial charge in [0.15, 0.2) is 0 Å². The standard InChI is InChI=1S/C41H60N8O6S/c1-23(2)29-35(52)48-32(40(5,6)7)34(43-22-28(51)49-19-16-24(3)31(49)37(54)45-29)47-33(41(8,9)10)38(55)46-30(25(4)26-14-12-11-13-15-26)36(53)44-27(17-20-50)39-42-18-21-56-39/h11-15,18,20-21,23-25,27,29-33H,16-17,19,22H2,1-10H3,(H,43,47)(H,44,53)(H,45,54)(H,46,55)(H,48,52)/t24-,25+,27-,29+,30?,31+,32?,33?/m1/s1. The van der Waals surface area contributed by atoms with Crippen molar-refractivity contribution in [2.24, 2.45) is 27.7 Å². The van der Waals surface area contributed by atoms with Crippen LogP contribution >= 0.6 is 11.3 Å². The summed E-state index contributed by atoms with van der Waals surface area (Å²) in [5.41, 5.74) is -0.692. The lowest BCUT2D eigenvalue weighted by Crippen LogP contribution is -2.63. The minimum absolute atomic E-state index is 0.000638. The third-order valence-corrected chi connectivity index (χ3v) is 11.4. The molecule has 0 saturated carbocycles. The van der Waals surface area contributed by atoms with Crippen molar-refractivity contribution in [2.75, 3.05) is 13.1 Å².